The molecule has 1 aromatic carbocycles. The summed E-state index contributed by atoms with van der Waals surface area (Å²) in [5, 5.41) is 9.93. The molecule has 0 spiro atoms. The maximum absolute atomic E-state index is 11.3. The van der Waals surface area contributed by atoms with Gasteiger partial charge in [-0.15, -0.1) is 0 Å². The Morgan fingerprint density at radius 3 is 2.41 bits per heavy atom. The molecule has 3 heteroatoms. The van der Waals surface area contributed by atoms with E-state index in [0.717, 1.165) is 11.1 Å². The number of aryl methyl sites for hydroxylation is 1. The first kappa shape index (κ1) is 14.0. The van der Waals surface area contributed by atoms with Gasteiger partial charge < -0.3 is 5.11 Å². The van der Waals surface area contributed by atoms with Gasteiger partial charge in [-0.3, -0.25) is 4.79 Å². The second-order valence-corrected chi connectivity index (χ2v) is 5.96. The summed E-state index contributed by atoms with van der Waals surface area (Å²) in [7, 11) is 0. The Morgan fingerprint density at radius 1 is 1.41 bits per heavy atom. The van der Waals surface area contributed by atoms with Crippen LogP contribution in [0.4, 0.5) is 0 Å². The predicted octanol–water partition coefficient (Wildman–Crippen LogP) is 3.94. The third-order valence-corrected chi connectivity index (χ3v) is 3.33. The van der Waals surface area contributed by atoms with Crippen molar-refractivity contribution >= 4 is 17.6 Å². The van der Waals surface area contributed by atoms with Gasteiger partial charge in [-0.25, -0.2) is 0 Å². The number of benzene rings is 1. The quantitative estimate of drug-likeness (QED) is 0.887. The van der Waals surface area contributed by atoms with E-state index in [-0.39, 0.29) is 5.41 Å². The molecule has 0 heterocycles. The second-order valence-electron chi connectivity index (χ2n) is 5.56. The molecule has 1 aromatic rings. The van der Waals surface area contributed by atoms with Crippen LogP contribution in [-0.2, 0) is 11.2 Å². The fourth-order valence-electron chi connectivity index (χ4n) is 1.80. The molecule has 1 N–H and O–H groups in total. The van der Waals surface area contributed by atoms with Crippen molar-refractivity contribution in [3.8, 4) is 0 Å². The topological polar surface area (TPSA) is 37.3 Å². The molecule has 17 heavy (non-hydrogen) atoms. The van der Waals surface area contributed by atoms with Crippen LogP contribution in [0.15, 0.2) is 18.2 Å². The van der Waals surface area contributed by atoms with Crippen molar-refractivity contribution in [2.75, 3.05) is 0 Å². The van der Waals surface area contributed by atoms with E-state index in [9.17, 15) is 9.90 Å². The maximum Gasteiger partial charge on any atom is 0.307 e. The van der Waals surface area contributed by atoms with E-state index in [1.165, 1.54) is 0 Å². The van der Waals surface area contributed by atoms with Crippen LogP contribution < -0.4 is 0 Å². The molecule has 94 valence electrons. The Labute approximate surface area is 108 Å². The molecular weight excluding hydrogens is 236 g/mol. The molecule has 0 fully saturated rings. The van der Waals surface area contributed by atoms with Crippen LogP contribution in [-0.4, -0.2) is 11.1 Å². The van der Waals surface area contributed by atoms with Crippen molar-refractivity contribution in [1.29, 1.82) is 0 Å². The average molecular weight is 255 g/mol. The van der Waals surface area contributed by atoms with E-state index >= 15 is 0 Å². The summed E-state index contributed by atoms with van der Waals surface area (Å²) in [6.07, 6.45) is 0.470. The average Bonchev–Trinajstić information content (AvgIpc) is 2.13. The lowest BCUT2D eigenvalue weighted by Crippen LogP contribution is -2.30. The molecule has 0 bridgehead atoms. The fourth-order valence-corrected chi connectivity index (χ4v) is 2.11. The monoisotopic (exact) mass is 254 g/mol. The van der Waals surface area contributed by atoms with Crippen molar-refractivity contribution < 1.29 is 9.90 Å². The highest BCUT2D eigenvalue weighted by atomic mass is 35.5. The van der Waals surface area contributed by atoms with Crippen LogP contribution in [0.2, 0.25) is 5.02 Å². The highest BCUT2D eigenvalue weighted by Crippen LogP contribution is 2.31. The molecule has 0 aromatic heterocycles. The number of hydrogen-bond donors (Lipinski definition) is 1. The number of carboxylic acid groups (broad SMARTS) is 1. The van der Waals surface area contributed by atoms with Crippen LogP contribution in [0.25, 0.3) is 0 Å². The lowest BCUT2D eigenvalue weighted by atomic mass is 9.77. The first-order valence-electron chi connectivity index (χ1n) is 5.69. The summed E-state index contributed by atoms with van der Waals surface area (Å²) in [4.78, 5) is 11.3. The molecule has 0 radical (unpaired) electrons. The van der Waals surface area contributed by atoms with Gasteiger partial charge >= 0.3 is 5.97 Å². The van der Waals surface area contributed by atoms with Gasteiger partial charge in [-0.2, -0.15) is 0 Å². The first-order chi connectivity index (χ1) is 7.71. The third-order valence-electron chi connectivity index (χ3n) is 2.98. The third kappa shape index (κ3) is 3.74. The van der Waals surface area contributed by atoms with Gasteiger partial charge in [0.15, 0.2) is 0 Å². The highest BCUT2D eigenvalue weighted by Gasteiger charge is 2.31. The van der Waals surface area contributed by atoms with Crippen molar-refractivity contribution in [3.05, 3.63) is 34.3 Å². The zero-order chi connectivity index (χ0) is 13.2. The number of aliphatic carboxylic acids is 1. The summed E-state index contributed by atoms with van der Waals surface area (Å²) in [6, 6.07) is 5.75. The van der Waals surface area contributed by atoms with E-state index in [0.29, 0.717) is 11.4 Å². The van der Waals surface area contributed by atoms with Gasteiger partial charge in [-0.1, -0.05) is 44.5 Å². The zero-order valence-electron chi connectivity index (χ0n) is 10.7. The van der Waals surface area contributed by atoms with Crippen LogP contribution in [0, 0.1) is 18.3 Å². The Balaban J connectivity index is 2.98. The van der Waals surface area contributed by atoms with E-state index in [4.69, 9.17) is 11.6 Å². The number of hydrogen-bond acceptors (Lipinski definition) is 1. The molecule has 0 saturated heterocycles. The Kier molecular flexibility index (Phi) is 4.21. The molecule has 1 rings (SSSR count). The minimum atomic E-state index is -0.769. The molecule has 0 aliphatic heterocycles. The van der Waals surface area contributed by atoms with Gasteiger partial charge in [0.05, 0.1) is 5.92 Å². The smallest absolute Gasteiger partial charge is 0.307 e. The SMILES string of the molecule is Cc1ccc(CC(C(=O)O)C(C)(C)C)c(Cl)c1. The van der Waals surface area contributed by atoms with E-state index in [1.54, 1.807) is 0 Å². The standard InChI is InChI=1S/C14H19ClO2/c1-9-5-6-10(12(15)7-9)8-11(13(16)17)14(2,3)4/h5-7,11H,8H2,1-4H3,(H,16,17). The summed E-state index contributed by atoms with van der Waals surface area (Å²) in [5.74, 6) is -1.20. The Bertz CT molecular complexity index is 419. The highest BCUT2D eigenvalue weighted by molar-refractivity contribution is 6.31. The van der Waals surface area contributed by atoms with Gasteiger partial charge in [0.25, 0.3) is 0 Å². The molecule has 0 saturated carbocycles. The van der Waals surface area contributed by atoms with Crippen molar-refractivity contribution in [1.82, 2.24) is 0 Å². The number of halogens is 1. The fraction of sp³-hybridized carbons (Fsp3) is 0.500. The van der Waals surface area contributed by atoms with Crippen LogP contribution in [0.3, 0.4) is 0 Å². The van der Waals surface area contributed by atoms with Crippen LogP contribution in [0.5, 0.6) is 0 Å². The maximum atomic E-state index is 11.3. The van der Waals surface area contributed by atoms with Crippen molar-refractivity contribution in [2.45, 2.75) is 34.1 Å². The number of rotatable bonds is 3. The Hall–Kier alpha value is -1.02. The largest absolute Gasteiger partial charge is 0.481 e. The van der Waals surface area contributed by atoms with Crippen molar-refractivity contribution in [3.63, 3.8) is 0 Å². The lowest BCUT2D eigenvalue weighted by Gasteiger charge is -2.27. The molecule has 1 atom stereocenters. The minimum absolute atomic E-state index is 0.278. The Morgan fingerprint density at radius 2 is 2.00 bits per heavy atom. The van der Waals surface area contributed by atoms with Crippen molar-refractivity contribution in [2.24, 2.45) is 11.3 Å². The van der Waals surface area contributed by atoms with E-state index in [2.05, 4.69) is 0 Å². The normalized spacial score (nSPS) is 13.5. The second kappa shape index (κ2) is 5.09. The summed E-state index contributed by atoms with van der Waals surface area (Å²) < 4.78 is 0. The van der Waals surface area contributed by atoms with Crippen LogP contribution in [0.1, 0.15) is 31.9 Å². The molecule has 0 aliphatic rings. The van der Waals surface area contributed by atoms with E-state index in [1.807, 2.05) is 45.9 Å². The summed E-state index contributed by atoms with van der Waals surface area (Å²) in [5.41, 5.74) is 1.71. The van der Waals surface area contributed by atoms with Gasteiger partial charge in [-0.05, 0) is 36.0 Å². The summed E-state index contributed by atoms with van der Waals surface area (Å²) >= 11 is 6.14. The van der Waals surface area contributed by atoms with Gasteiger partial charge in [0, 0.05) is 5.02 Å². The number of carboxylic acids is 1. The molecule has 2 nitrogen and oxygen atoms in total. The molecule has 0 amide bonds. The molecular formula is C14H19ClO2. The summed E-state index contributed by atoms with van der Waals surface area (Å²) in [6.45, 7) is 7.78. The first-order valence-corrected chi connectivity index (χ1v) is 6.07. The van der Waals surface area contributed by atoms with Gasteiger partial charge in [0.1, 0.15) is 0 Å². The minimum Gasteiger partial charge on any atom is -0.481 e. The number of carbonyl (C=O) groups is 1. The van der Waals surface area contributed by atoms with Gasteiger partial charge in [0.2, 0.25) is 0 Å². The molecule has 0 aliphatic carbocycles. The predicted molar refractivity (Wildman–Crippen MR) is 70.5 cm³/mol. The zero-order valence-corrected chi connectivity index (χ0v) is 11.5. The lowest BCUT2D eigenvalue weighted by molar-refractivity contribution is -0.145. The van der Waals surface area contributed by atoms with Crippen LogP contribution >= 0.6 is 11.6 Å². The molecule has 1 unspecified atom stereocenters. The van der Waals surface area contributed by atoms with E-state index < -0.39 is 11.9 Å².